The van der Waals surface area contributed by atoms with Gasteiger partial charge in [-0.1, -0.05) is 45.9 Å². The fraction of sp³-hybridized carbons (Fsp3) is 0.529. The molecule has 0 aliphatic heterocycles. The quantitative estimate of drug-likeness (QED) is 0.772. The van der Waals surface area contributed by atoms with Crippen molar-refractivity contribution < 1.29 is 14.3 Å². The Bertz CT molecular complexity index is 514. The summed E-state index contributed by atoms with van der Waals surface area (Å²) in [5.74, 6) is 0.106. The highest BCUT2D eigenvalue weighted by molar-refractivity contribution is 5.87. The first kappa shape index (κ1) is 18.0. The van der Waals surface area contributed by atoms with E-state index in [4.69, 9.17) is 10.5 Å². The molecule has 1 rings (SSSR count). The molecule has 3 N–H and O–H groups in total. The predicted molar refractivity (Wildman–Crippen MR) is 86.6 cm³/mol. The smallest absolute Gasteiger partial charge is 0.258 e. The lowest BCUT2D eigenvalue weighted by Crippen LogP contribution is -2.49. The number of hydrogen-bond acceptors (Lipinski definition) is 3. The van der Waals surface area contributed by atoms with Crippen LogP contribution < -0.4 is 15.8 Å². The molecule has 0 radical (unpaired) electrons. The summed E-state index contributed by atoms with van der Waals surface area (Å²) < 4.78 is 5.62. The summed E-state index contributed by atoms with van der Waals surface area (Å²) >= 11 is 0. The van der Waals surface area contributed by atoms with Crippen LogP contribution in [0.1, 0.15) is 45.6 Å². The minimum Gasteiger partial charge on any atom is -0.483 e. The van der Waals surface area contributed by atoms with Gasteiger partial charge in [0.15, 0.2) is 6.61 Å². The Labute approximate surface area is 132 Å². The molecule has 2 atom stereocenters. The summed E-state index contributed by atoms with van der Waals surface area (Å²) in [5.41, 5.74) is 6.36. The van der Waals surface area contributed by atoms with Crippen molar-refractivity contribution in [2.75, 3.05) is 6.61 Å². The van der Waals surface area contributed by atoms with E-state index in [0.29, 0.717) is 11.7 Å². The topological polar surface area (TPSA) is 81.4 Å². The number of ether oxygens (including phenoxy) is 1. The third-order valence-corrected chi connectivity index (χ3v) is 3.71. The molecule has 0 saturated heterocycles. The largest absolute Gasteiger partial charge is 0.483 e. The zero-order valence-electron chi connectivity index (χ0n) is 13.8. The molecule has 1 aromatic rings. The average molecular weight is 306 g/mol. The van der Waals surface area contributed by atoms with E-state index in [9.17, 15) is 9.59 Å². The Hall–Kier alpha value is -2.04. The van der Waals surface area contributed by atoms with Crippen LogP contribution in [0.2, 0.25) is 0 Å². The Kier molecular flexibility index (Phi) is 6.89. The van der Waals surface area contributed by atoms with Gasteiger partial charge in [-0.2, -0.15) is 0 Å². The number of carbonyl (C=O) groups excluding carboxylic acids is 2. The molecule has 0 aliphatic rings. The van der Waals surface area contributed by atoms with Crippen LogP contribution in [0, 0.1) is 5.92 Å². The van der Waals surface area contributed by atoms with Crippen LogP contribution in [0.4, 0.5) is 0 Å². The number of hydrogen-bond donors (Lipinski definition) is 2. The Morgan fingerprint density at radius 1 is 1.23 bits per heavy atom. The van der Waals surface area contributed by atoms with Crippen LogP contribution >= 0.6 is 0 Å². The lowest BCUT2D eigenvalue weighted by atomic mass is 9.98. The molecule has 5 heteroatoms. The molecule has 5 nitrogen and oxygen atoms in total. The van der Waals surface area contributed by atoms with Gasteiger partial charge in [-0.25, -0.2) is 0 Å². The molecule has 2 amide bonds. The first-order chi connectivity index (χ1) is 10.4. The second kappa shape index (κ2) is 8.41. The number of rotatable bonds is 8. The summed E-state index contributed by atoms with van der Waals surface area (Å²) in [4.78, 5) is 23.2. The highest BCUT2D eigenvalue weighted by Gasteiger charge is 2.22. The third kappa shape index (κ3) is 5.06. The van der Waals surface area contributed by atoms with Gasteiger partial charge in [-0.3, -0.25) is 9.59 Å². The van der Waals surface area contributed by atoms with Crippen molar-refractivity contribution in [3.05, 3.63) is 29.8 Å². The fourth-order valence-corrected chi connectivity index (χ4v) is 2.16. The number of nitrogens with two attached hydrogens (primary N) is 1. The lowest BCUT2D eigenvalue weighted by Gasteiger charge is -2.20. The van der Waals surface area contributed by atoms with Crippen LogP contribution in [0.25, 0.3) is 0 Å². The minimum absolute atomic E-state index is 0.0613. The highest BCUT2D eigenvalue weighted by atomic mass is 16.5. The summed E-state index contributed by atoms with van der Waals surface area (Å²) in [7, 11) is 0. The van der Waals surface area contributed by atoms with Crippen molar-refractivity contribution in [2.24, 2.45) is 11.7 Å². The average Bonchev–Trinajstić information content (AvgIpc) is 2.49. The molecular weight excluding hydrogens is 280 g/mol. The Morgan fingerprint density at radius 2 is 1.86 bits per heavy atom. The summed E-state index contributed by atoms with van der Waals surface area (Å²) in [6.45, 7) is 7.74. The molecule has 0 spiro atoms. The maximum absolute atomic E-state index is 11.9. The normalized spacial score (nSPS) is 13.5. The highest BCUT2D eigenvalue weighted by Crippen LogP contribution is 2.28. The third-order valence-electron chi connectivity index (χ3n) is 3.71. The molecule has 0 saturated carbocycles. The SMILES string of the molecule is CC[C@H](C)c1ccccc1OCC(=O)N[C@@H](C(N)=O)C(C)C. The predicted octanol–water partition coefficient (Wildman–Crippen LogP) is 2.20. The van der Waals surface area contributed by atoms with Crippen molar-refractivity contribution in [1.82, 2.24) is 5.32 Å². The second-order valence-electron chi connectivity index (χ2n) is 5.83. The van der Waals surface area contributed by atoms with E-state index >= 15 is 0 Å². The number of benzene rings is 1. The fourth-order valence-electron chi connectivity index (χ4n) is 2.16. The molecule has 0 aliphatic carbocycles. The molecule has 0 fully saturated rings. The van der Waals surface area contributed by atoms with Crippen LogP contribution in [-0.2, 0) is 9.59 Å². The number of primary amides is 1. The van der Waals surface area contributed by atoms with Crippen LogP contribution in [0.15, 0.2) is 24.3 Å². The van der Waals surface area contributed by atoms with Crippen molar-refractivity contribution in [1.29, 1.82) is 0 Å². The van der Waals surface area contributed by atoms with Gasteiger partial charge < -0.3 is 15.8 Å². The summed E-state index contributed by atoms with van der Waals surface area (Å²) in [6.07, 6.45) is 0.990. The standard InChI is InChI=1S/C17H26N2O3/c1-5-12(4)13-8-6-7-9-14(13)22-10-15(20)19-16(11(2)3)17(18)21/h6-9,11-12,16H,5,10H2,1-4H3,(H2,18,21)(H,19,20)/t12-,16+/m0/s1. The van der Waals surface area contributed by atoms with E-state index in [1.54, 1.807) is 0 Å². The van der Waals surface area contributed by atoms with Gasteiger partial charge in [0, 0.05) is 0 Å². The van der Waals surface area contributed by atoms with Gasteiger partial charge in [0.25, 0.3) is 5.91 Å². The maximum atomic E-state index is 11.9. The molecule has 0 aromatic heterocycles. The molecule has 122 valence electrons. The van der Waals surface area contributed by atoms with E-state index in [1.165, 1.54) is 0 Å². The number of amides is 2. The molecule has 0 unspecified atom stereocenters. The van der Waals surface area contributed by atoms with Crippen molar-refractivity contribution in [3.8, 4) is 5.75 Å². The van der Waals surface area contributed by atoms with E-state index < -0.39 is 11.9 Å². The van der Waals surface area contributed by atoms with Crippen LogP contribution in [-0.4, -0.2) is 24.5 Å². The number of para-hydroxylation sites is 1. The molecular formula is C17H26N2O3. The van der Waals surface area contributed by atoms with Gasteiger partial charge >= 0.3 is 0 Å². The van der Waals surface area contributed by atoms with Crippen molar-refractivity contribution in [2.45, 2.75) is 46.1 Å². The summed E-state index contributed by atoms with van der Waals surface area (Å²) in [6, 6.07) is 7.00. The van der Waals surface area contributed by atoms with E-state index in [0.717, 1.165) is 12.0 Å². The monoisotopic (exact) mass is 306 g/mol. The zero-order valence-corrected chi connectivity index (χ0v) is 13.8. The van der Waals surface area contributed by atoms with Gasteiger partial charge in [-0.15, -0.1) is 0 Å². The number of nitrogens with one attached hydrogen (secondary N) is 1. The zero-order chi connectivity index (χ0) is 16.7. The van der Waals surface area contributed by atoms with E-state index in [2.05, 4.69) is 19.2 Å². The molecule has 0 bridgehead atoms. The van der Waals surface area contributed by atoms with Crippen molar-refractivity contribution >= 4 is 11.8 Å². The maximum Gasteiger partial charge on any atom is 0.258 e. The molecule has 0 heterocycles. The van der Waals surface area contributed by atoms with Gasteiger partial charge in [0.2, 0.25) is 5.91 Å². The van der Waals surface area contributed by atoms with Crippen LogP contribution in [0.5, 0.6) is 5.75 Å². The first-order valence-electron chi connectivity index (χ1n) is 7.67. The van der Waals surface area contributed by atoms with E-state index in [1.807, 2.05) is 38.1 Å². The van der Waals surface area contributed by atoms with Gasteiger partial charge in [-0.05, 0) is 29.9 Å². The number of carbonyl (C=O) groups is 2. The summed E-state index contributed by atoms with van der Waals surface area (Å²) in [5, 5.41) is 2.61. The molecule has 1 aromatic carbocycles. The Morgan fingerprint density at radius 3 is 2.41 bits per heavy atom. The van der Waals surface area contributed by atoms with E-state index in [-0.39, 0.29) is 18.4 Å². The van der Waals surface area contributed by atoms with Gasteiger partial charge in [0.1, 0.15) is 11.8 Å². The van der Waals surface area contributed by atoms with Crippen LogP contribution in [0.3, 0.4) is 0 Å². The minimum atomic E-state index is -0.680. The van der Waals surface area contributed by atoms with Crippen molar-refractivity contribution in [3.63, 3.8) is 0 Å². The van der Waals surface area contributed by atoms with Gasteiger partial charge in [0.05, 0.1) is 0 Å². The molecule has 22 heavy (non-hydrogen) atoms. The second-order valence-corrected chi connectivity index (χ2v) is 5.83. The Balaban J connectivity index is 2.67. The lowest BCUT2D eigenvalue weighted by molar-refractivity contribution is -0.129. The first-order valence-corrected chi connectivity index (χ1v) is 7.67.